The Balaban J connectivity index is 2.31. The van der Waals surface area contributed by atoms with Gasteiger partial charge in [-0.05, 0) is 18.2 Å². The van der Waals surface area contributed by atoms with Gasteiger partial charge in [0.25, 0.3) is 0 Å². The van der Waals surface area contributed by atoms with Gasteiger partial charge < -0.3 is 29.2 Å². The topological polar surface area (TPSA) is 109 Å². The summed E-state index contributed by atoms with van der Waals surface area (Å²) in [7, 11) is 2.71. The van der Waals surface area contributed by atoms with Crippen LogP contribution < -0.4 is 14.9 Å². The van der Waals surface area contributed by atoms with Crippen molar-refractivity contribution in [3.63, 3.8) is 0 Å². The molecule has 1 heterocycles. The molecule has 0 bridgehead atoms. The number of hydrogen-bond donors (Lipinski definition) is 3. The molecule has 0 aliphatic heterocycles. The molecular formula is C17H14O7. The SMILES string of the molecule is COc1cc(-c2cc(=O)c3c(O)cc(OC)c(O)c3o2)ccc1O. The van der Waals surface area contributed by atoms with Crippen molar-refractivity contribution in [2.24, 2.45) is 0 Å². The number of hydrogen-bond acceptors (Lipinski definition) is 7. The van der Waals surface area contributed by atoms with Crippen LogP contribution in [0.15, 0.2) is 39.5 Å². The maximum Gasteiger partial charge on any atom is 0.202 e. The van der Waals surface area contributed by atoms with E-state index in [9.17, 15) is 20.1 Å². The molecule has 7 nitrogen and oxygen atoms in total. The van der Waals surface area contributed by atoms with E-state index in [2.05, 4.69) is 0 Å². The number of aromatic hydroxyl groups is 3. The lowest BCUT2D eigenvalue weighted by atomic mass is 10.1. The summed E-state index contributed by atoms with van der Waals surface area (Å²) < 4.78 is 15.6. The average molecular weight is 330 g/mol. The second-order valence-electron chi connectivity index (χ2n) is 5.01. The first-order valence-electron chi connectivity index (χ1n) is 6.90. The molecule has 7 heteroatoms. The average Bonchev–Trinajstić information content (AvgIpc) is 2.57. The Kier molecular flexibility index (Phi) is 3.69. The fraction of sp³-hybridized carbons (Fsp3) is 0.118. The third kappa shape index (κ3) is 2.36. The van der Waals surface area contributed by atoms with Gasteiger partial charge in [0.15, 0.2) is 28.3 Å². The van der Waals surface area contributed by atoms with E-state index in [1.54, 1.807) is 0 Å². The molecule has 0 atom stereocenters. The normalized spacial score (nSPS) is 10.8. The van der Waals surface area contributed by atoms with E-state index in [0.717, 1.165) is 6.07 Å². The van der Waals surface area contributed by atoms with E-state index in [0.29, 0.717) is 5.56 Å². The summed E-state index contributed by atoms with van der Waals surface area (Å²) in [5.74, 6) is -0.505. The molecular weight excluding hydrogens is 316 g/mol. The Bertz CT molecular complexity index is 988. The standard InChI is InChI=1S/C17H14O7/c1-22-13-5-8(3-4-9(13)18)12-6-10(19)15-11(20)7-14(23-2)16(21)17(15)24-12/h3-7,18,20-21H,1-2H3. The summed E-state index contributed by atoms with van der Waals surface area (Å²) >= 11 is 0. The molecule has 0 saturated heterocycles. The number of phenols is 3. The molecule has 0 unspecified atom stereocenters. The molecule has 0 aliphatic carbocycles. The molecule has 0 saturated carbocycles. The van der Waals surface area contributed by atoms with E-state index in [-0.39, 0.29) is 39.7 Å². The van der Waals surface area contributed by atoms with Gasteiger partial charge in [0, 0.05) is 17.7 Å². The zero-order valence-corrected chi connectivity index (χ0v) is 12.9. The van der Waals surface area contributed by atoms with Crippen molar-refractivity contribution in [2.45, 2.75) is 0 Å². The van der Waals surface area contributed by atoms with Crippen molar-refractivity contribution in [1.29, 1.82) is 0 Å². The highest BCUT2D eigenvalue weighted by Crippen LogP contribution is 2.40. The Morgan fingerprint density at radius 2 is 1.62 bits per heavy atom. The summed E-state index contributed by atoms with van der Waals surface area (Å²) in [5, 5.41) is 29.6. The lowest BCUT2D eigenvalue weighted by Gasteiger charge is -2.10. The van der Waals surface area contributed by atoms with Crippen LogP contribution in [0.2, 0.25) is 0 Å². The van der Waals surface area contributed by atoms with Crippen LogP contribution in [0, 0.1) is 0 Å². The lowest BCUT2D eigenvalue weighted by molar-refractivity contribution is 0.367. The molecule has 0 fully saturated rings. The Morgan fingerprint density at radius 3 is 2.29 bits per heavy atom. The summed E-state index contributed by atoms with van der Waals surface area (Å²) in [4.78, 5) is 12.3. The first-order valence-corrected chi connectivity index (χ1v) is 6.90. The summed E-state index contributed by atoms with van der Waals surface area (Å²) in [5.41, 5.74) is -0.277. The molecule has 24 heavy (non-hydrogen) atoms. The van der Waals surface area contributed by atoms with Crippen molar-refractivity contribution in [1.82, 2.24) is 0 Å². The van der Waals surface area contributed by atoms with E-state index >= 15 is 0 Å². The summed E-state index contributed by atoms with van der Waals surface area (Å²) in [6.45, 7) is 0. The van der Waals surface area contributed by atoms with E-state index in [1.807, 2.05) is 0 Å². The van der Waals surface area contributed by atoms with Crippen LogP contribution in [0.5, 0.6) is 28.7 Å². The Morgan fingerprint density at radius 1 is 0.917 bits per heavy atom. The van der Waals surface area contributed by atoms with Gasteiger partial charge in [0.05, 0.1) is 14.2 Å². The minimum Gasteiger partial charge on any atom is -0.507 e. The summed E-state index contributed by atoms with van der Waals surface area (Å²) in [6.07, 6.45) is 0. The largest absolute Gasteiger partial charge is 0.507 e. The zero-order valence-electron chi connectivity index (χ0n) is 12.9. The van der Waals surface area contributed by atoms with Gasteiger partial charge in [-0.2, -0.15) is 0 Å². The lowest BCUT2D eigenvalue weighted by Crippen LogP contribution is -2.01. The molecule has 2 aromatic carbocycles. The number of ether oxygens (including phenoxy) is 2. The monoisotopic (exact) mass is 330 g/mol. The second kappa shape index (κ2) is 5.69. The molecule has 0 radical (unpaired) electrons. The van der Waals surface area contributed by atoms with E-state index in [1.165, 1.54) is 38.5 Å². The third-order valence-corrected chi connectivity index (χ3v) is 3.60. The number of phenolic OH excluding ortho intramolecular Hbond substituents is 3. The van der Waals surface area contributed by atoms with Crippen LogP contribution in [0.3, 0.4) is 0 Å². The highest BCUT2D eigenvalue weighted by Gasteiger charge is 2.19. The summed E-state index contributed by atoms with van der Waals surface area (Å²) in [6, 6.07) is 6.72. The van der Waals surface area contributed by atoms with Gasteiger partial charge in [-0.15, -0.1) is 0 Å². The van der Waals surface area contributed by atoms with Gasteiger partial charge in [-0.25, -0.2) is 0 Å². The smallest absolute Gasteiger partial charge is 0.202 e. The van der Waals surface area contributed by atoms with Gasteiger partial charge >= 0.3 is 0 Å². The van der Waals surface area contributed by atoms with Crippen molar-refractivity contribution in [2.75, 3.05) is 14.2 Å². The maximum absolute atomic E-state index is 12.3. The van der Waals surface area contributed by atoms with Crippen molar-refractivity contribution in [3.8, 4) is 40.1 Å². The van der Waals surface area contributed by atoms with Crippen LogP contribution in [0.4, 0.5) is 0 Å². The number of rotatable bonds is 3. The number of methoxy groups -OCH3 is 2. The fourth-order valence-corrected chi connectivity index (χ4v) is 2.41. The molecule has 0 amide bonds. The molecule has 3 N–H and O–H groups in total. The molecule has 3 aromatic rings. The Hall–Kier alpha value is -3.35. The van der Waals surface area contributed by atoms with Gasteiger partial charge in [0.2, 0.25) is 5.75 Å². The van der Waals surface area contributed by atoms with Crippen LogP contribution in [-0.2, 0) is 0 Å². The maximum atomic E-state index is 12.3. The van der Waals surface area contributed by atoms with Crippen LogP contribution in [-0.4, -0.2) is 29.5 Å². The number of benzene rings is 2. The number of fused-ring (bicyclic) bond motifs is 1. The third-order valence-electron chi connectivity index (χ3n) is 3.60. The molecule has 124 valence electrons. The van der Waals surface area contributed by atoms with E-state index < -0.39 is 11.2 Å². The minimum absolute atomic E-state index is 0.0245. The predicted octanol–water partition coefficient (Wildman–Crippen LogP) is 2.59. The second-order valence-corrected chi connectivity index (χ2v) is 5.01. The first-order chi connectivity index (χ1) is 11.5. The quantitative estimate of drug-likeness (QED) is 0.633. The van der Waals surface area contributed by atoms with Crippen molar-refractivity contribution < 1.29 is 29.2 Å². The van der Waals surface area contributed by atoms with Crippen LogP contribution in [0.1, 0.15) is 0 Å². The molecule has 0 spiro atoms. The van der Waals surface area contributed by atoms with Crippen molar-refractivity contribution in [3.05, 3.63) is 40.6 Å². The Labute approximate surface area is 135 Å². The van der Waals surface area contributed by atoms with Gasteiger partial charge in [0.1, 0.15) is 16.9 Å². The van der Waals surface area contributed by atoms with Gasteiger partial charge in [-0.3, -0.25) is 4.79 Å². The van der Waals surface area contributed by atoms with Crippen LogP contribution in [0.25, 0.3) is 22.3 Å². The van der Waals surface area contributed by atoms with Crippen molar-refractivity contribution >= 4 is 11.0 Å². The van der Waals surface area contributed by atoms with Crippen LogP contribution >= 0.6 is 0 Å². The van der Waals surface area contributed by atoms with Gasteiger partial charge in [-0.1, -0.05) is 0 Å². The fourth-order valence-electron chi connectivity index (χ4n) is 2.41. The predicted molar refractivity (Wildman–Crippen MR) is 86.0 cm³/mol. The molecule has 3 rings (SSSR count). The first kappa shape index (κ1) is 15.5. The molecule has 0 aliphatic rings. The minimum atomic E-state index is -0.534. The molecule has 1 aromatic heterocycles. The highest BCUT2D eigenvalue weighted by atomic mass is 16.5. The van der Waals surface area contributed by atoms with E-state index in [4.69, 9.17) is 13.9 Å². The highest BCUT2D eigenvalue weighted by molar-refractivity contribution is 5.91. The zero-order chi connectivity index (χ0) is 17.4.